The van der Waals surface area contributed by atoms with Gasteiger partial charge in [-0.05, 0) is 23.8 Å². The van der Waals surface area contributed by atoms with Crippen molar-refractivity contribution in [1.82, 2.24) is 0 Å². The van der Waals surface area contributed by atoms with Crippen LogP contribution in [0.3, 0.4) is 0 Å². The van der Waals surface area contributed by atoms with Gasteiger partial charge in [0.1, 0.15) is 6.04 Å². The number of hydrogen-bond donors (Lipinski definition) is 3. The molecule has 0 radical (unpaired) electrons. The van der Waals surface area contributed by atoms with Gasteiger partial charge in [0.05, 0.1) is 13.0 Å². The van der Waals surface area contributed by atoms with Crippen LogP contribution in [0.25, 0.3) is 0 Å². The van der Waals surface area contributed by atoms with Gasteiger partial charge in [0.25, 0.3) is 0 Å². The first kappa shape index (κ1) is 12.4. The van der Waals surface area contributed by atoms with E-state index in [0.717, 1.165) is 16.9 Å². The van der Waals surface area contributed by atoms with E-state index in [2.05, 4.69) is 5.32 Å². The number of aliphatic carboxylic acids is 1. The Bertz CT molecular complexity index is 501. The molecule has 4 N–H and O–H groups in total. The third-order valence-electron chi connectivity index (χ3n) is 3.00. The van der Waals surface area contributed by atoms with Gasteiger partial charge in [0.2, 0.25) is 5.91 Å². The lowest BCUT2D eigenvalue weighted by molar-refractivity contribution is -0.138. The third kappa shape index (κ3) is 2.14. The van der Waals surface area contributed by atoms with Crippen LogP contribution in [-0.2, 0) is 16.0 Å². The predicted molar refractivity (Wildman–Crippen MR) is 67.7 cm³/mol. The molecule has 96 valence electrons. The molecule has 6 nitrogen and oxygen atoms in total. The summed E-state index contributed by atoms with van der Waals surface area (Å²) in [4.78, 5) is 24.0. The normalized spacial score (nSPS) is 15.4. The second-order valence-corrected chi connectivity index (χ2v) is 4.22. The standard InChI is InChI=1S/C12H15N3O3/c1-14-8-2-3-10-7(4-8)5-11(16)15(10)6-9(13)12(17)18/h2-4,9,14H,5-6,13H2,1H3,(H,17,18). The van der Waals surface area contributed by atoms with Crippen molar-refractivity contribution in [2.24, 2.45) is 5.73 Å². The first-order valence-electron chi connectivity index (χ1n) is 5.62. The van der Waals surface area contributed by atoms with Crippen molar-refractivity contribution in [2.75, 3.05) is 23.8 Å². The molecule has 0 saturated carbocycles. The van der Waals surface area contributed by atoms with E-state index >= 15 is 0 Å². The number of nitrogens with one attached hydrogen (secondary N) is 1. The number of carboxylic acids is 1. The maximum Gasteiger partial charge on any atom is 0.322 e. The molecule has 18 heavy (non-hydrogen) atoms. The van der Waals surface area contributed by atoms with E-state index in [0.29, 0.717) is 0 Å². The fourth-order valence-corrected chi connectivity index (χ4v) is 2.01. The molecule has 2 rings (SSSR count). The number of benzene rings is 1. The number of carbonyl (C=O) groups excluding carboxylic acids is 1. The van der Waals surface area contributed by atoms with Crippen LogP contribution in [0.2, 0.25) is 0 Å². The highest BCUT2D eigenvalue weighted by atomic mass is 16.4. The number of amides is 1. The smallest absolute Gasteiger partial charge is 0.322 e. The van der Waals surface area contributed by atoms with Crippen LogP contribution in [0.15, 0.2) is 18.2 Å². The minimum Gasteiger partial charge on any atom is -0.480 e. The Labute approximate surface area is 104 Å². The zero-order valence-electron chi connectivity index (χ0n) is 10.0. The molecular weight excluding hydrogens is 234 g/mol. The monoisotopic (exact) mass is 249 g/mol. The molecule has 0 aromatic heterocycles. The maximum absolute atomic E-state index is 11.8. The Morgan fingerprint density at radius 3 is 2.94 bits per heavy atom. The van der Waals surface area contributed by atoms with Gasteiger partial charge >= 0.3 is 5.97 Å². The zero-order valence-corrected chi connectivity index (χ0v) is 10.0. The topological polar surface area (TPSA) is 95.7 Å². The number of carboxylic acid groups (broad SMARTS) is 1. The summed E-state index contributed by atoms with van der Waals surface area (Å²) in [5.41, 5.74) is 8.03. The number of rotatable bonds is 4. The van der Waals surface area contributed by atoms with Crippen molar-refractivity contribution in [1.29, 1.82) is 0 Å². The Morgan fingerprint density at radius 1 is 1.61 bits per heavy atom. The molecule has 1 amide bonds. The largest absolute Gasteiger partial charge is 0.480 e. The van der Waals surface area contributed by atoms with Gasteiger partial charge in [0, 0.05) is 18.4 Å². The summed E-state index contributed by atoms with van der Waals surface area (Å²) in [6.45, 7) is 0.0000664. The van der Waals surface area contributed by atoms with Crippen LogP contribution in [0, 0.1) is 0 Å². The lowest BCUT2D eigenvalue weighted by Crippen LogP contribution is -2.44. The summed E-state index contributed by atoms with van der Waals surface area (Å²) < 4.78 is 0. The minimum atomic E-state index is -1.11. The molecule has 1 unspecified atom stereocenters. The summed E-state index contributed by atoms with van der Waals surface area (Å²) in [6, 6.07) is 4.47. The van der Waals surface area contributed by atoms with E-state index in [4.69, 9.17) is 10.8 Å². The maximum atomic E-state index is 11.8. The van der Waals surface area contributed by atoms with Crippen LogP contribution in [0.1, 0.15) is 5.56 Å². The first-order chi connectivity index (χ1) is 8.52. The van der Waals surface area contributed by atoms with E-state index < -0.39 is 12.0 Å². The quantitative estimate of drug-likeness (QED) is 0.699. The van der Waals surface area contributed by atoms with Crippen LogP contribution in [0.5, 0.6) is 0 Å². The van der Waals surface area contributed by atoms with E-state index in [1.54, 1.807) is 13.1 Å². The molecule has 0 aliphatic carbocycles. The molecule has 1 atom stereocenters. The van der Waals surface area contributed by atoms with Gasteiger partial charge in [-0.25, -0.2) is 0 Å². The molecule has 0 fully saturated rings. The lowest BCUT2D eigenvalue weighted by atomic mass is 10.1. The van der Waals surface area contributed by atoms with Gasteiger partial charge < -0.3 is 21.1 Å². The number of fused-ring (bicyclic) bond motifs is 1. The SMILES string of the molecule is CNc1ccc2c(c1)CC(=O)N2CC(N)C(=O)O. The Balaban J connectivity index is 2.25. The average Bonchev–Trinajstić information content (AvgIpc) is 2.64. The molecule has 1 heterocycles. The average molecular weight is 249 g/mol. The number of nitrogens with two attached hydrogens (primary N) is 1. The molecule has 0 spiro atoms. The summed E-state index contributed by atoms with van der Waals surface area (Å²) in [5, 5.41) is 11.8. The van der Waals surface area contributed by atoms with Gasteiger partial charge in [-0.15, -0.1) is 0 Å². The van der Waals surface area contributed by atoms with Gasteiger partial charge in [-0.2, -0.15) is 0 Å². The fraction of sp³-hybridized carbons (Fsp3) is 0.333. The summed E-state index contributed by atoms with van der Waals surface area (Å²) in [7, 11) is 1.80. The van der Waals surface area contributed by atoms with Gasteiger partial charge in [0.15, 0.2) is 0 Å². The third-order valence-corrected chi connectivity index (χ3v) is 3.00. The molecule has 1 aliphatic rings. The van der Waals surface area contributed by atoms with E-state index in [1.807, 2.05) is 12.1 Å². The van der Waals surface area contributed by atoms with Crippen LogP contribution in [0.4, 0.5) is 11.4 Å². The first-order valence-corrected chi connectivity index (χ1v) is 5.62. The molecule has 1 aliphatic heterocycles. The highest BCUT2D eigenvalue weighted by Gasteiger charge is 2.30. The molecule has 0 bridgehead atoms. The fourth-order valence-electron chi connectivity index (χ4n) is 2.01. The Morgan fingerprint density at radius 2 is 2.33 bits per heavy atom. The Hall–Kier alpha value is -2.08. The highest BCUT2D eigenvalue weighted by molar-refractivity contribution is 6.02. The van der Waals surface area contributed by atoms with Crippen molar-refractivity contribution < 1.29 is 14.7 Å². The minimum absolute atomic E-state index is 0.0000664. The summed E-state index contributed by atoms with van der Waals surface area (Å²) in [5.74, 6) is -1.22. The van der Waals surface area contributed by atoms with Crippen molar-refractivity contribution in [2.45, 2.75) is 12.5 Å². The van der Waals surface area contributed by atoms with E-state index in [9.17, 15) is 9.59 Å². The second-order valence-electron chi connectivity index (χ2n) is 4.22. The Kier molecular flexibility index (Phi) is 3.20. The van der Waals surface area contributed by atoms with Crippen molar-refractivity contribution in [3.8, 4) is 0 Å². The molecule has 0 saturated heterocycles. The molecule has 1 aromatic carbocycles. The zero-order chi connectivity index (χ0) is 13.3. The van der Waals surface area contributed by atoms with Crippen LogP contribution in [-0.4, -0.2) is 36.6 Å². The van der Waals surface area contributed by atoms with Crippen molar-refractivity contribution in [3.63, 3.8) is 0 Å². The van der Waals surface area contributed by atoms with E-state index in [1.165, 1.54) is 4.90 Å². The van der Waals surface area contributed by atoms with Crippen molar-refractivity contribution in [3.05, 3.63) is 23.8 Å². The highest BCUT2D eigenvalue weighted by Crippen LogP contribution is 2.31. The molecule has 1 aromatic rings. The molecular formula is C12H15N3O3. The van der Waals surface area contributed by atoms with Crippen LogP contribution >= 0.6 is 0 Å². The second kappa shape index (κ2) is 4.66. The van der Waals surface area contributed by atoms with Gasteiger partial charge in [-0.3, -0.25) is 9.59 Å². The van der Waals surface area contributed by atoms with Gasteiger partial charge in [-0.1, -0.05) is 0 Å². The summed E-state index contributed by atoms with van der Waals surface area (Å²) in [6.07, 6.45) is 0.289. The number of nitrogens with zero attached hydrogens (tertiary/aromatic N) is 1. The number of hydrogen-bond acceptors (Lipinski definition) is 4. The van der Waals surface area contributed by atoms with Crippen molar-refractivity contribution >= 4 is 23.3 Å². The number of carbonyl (C=O) groups is 2. The number of anilines is 2. The summed E-state index contributed by atoms with van der Waals surface area (Å²) >= 11 is 0. The van der Waals surface area contributed by atoms with Crippen LogP contribution < -0.4 is 16.0 Å². The lowest BCUT2D eigenvalue weighted by Gasteiger charge is -2.19. The van der Waals surface area contributed by atoms with E-state index in [-0.39, 0.29) is 18.9 Å². The predicted octanol–water partition coefficient (Wildman–Crippen LogP) is 0.0293. The molecule has 6 heteroatoms.